The number of benzene rings is 1. The number of amides is 1. The van der Waals surface area contributed by atoms with E-state index in [0.717, 1.165) is 4.70 Å². The van der Waals surface area contributed by atoms with E-state index in [1.165, 1.54) is 18.3 Å². The van der Waals surface area contributed by atoms with Crippen LogP contribution in [-0.4, -0.2) is 16.0 Å². The number of hydrogen-bond acceptors (Lipinski definition) is 4. The Morgan fingerprint density at radius 3 is 2.83 bits per heavy atom. The highest BCUT2D eigenvalue weighted by molar-refractivity contribution is 7.80. The van der Waals surface area contributed by atoms with Gasteiger partial charge in [-0.15, -0.1) is 0 Å². The number of carbonyl (C=O) groups is 1. The van der Waals surface area contributed by atoms with Crippen molar-refractivity contribution in [3.8, 4) is 0 Å². The number of halogens is 2. The van der Waals surface area contributed by atoms with Crippen LogP contribution >= 0.6 is 46.8 Å². The third-order valence-electron chi connectivity index (χ3n) is 1.96. The summed E-state index contributed by atoms with van der Waals surface area (Å²) in [5.74, 6) is -0.241. The van der Waals surface area contributed by atoms with E-state index in [2.05, 4.69) is 15.6 Å². The SMILES string of the molecule is CC(=O)NC(=S)Nc1nc2c(Cl)c(Cl)ccc2s1. The molecular weight excluding hydrogens is 313 g/mol. The molecule has 18 heavy (non-hydrogen) atoms. The monoisotopic (exact) mass is 319 g/mol. The molecule has 2 aromatic rings. The van der Waals surface area contributed by atoms with Crippen LogP contribution in [0.15, 0.2) is 12.1 Å². The molecule has 0 aliphatic rings. The van der Waals surface area contributed by atoms with Gasteiger partial charge in [0.25, 0.3) is 0 Å². The zero-order chi connectivity index (χ0) is 13.3. The minimum Gasteiger partial charge on any atom is -0.308 e. The molecule has 4 nitrogen and oxygen atoms in total. The lowest BCUT2D eigenvalue weighted by Crippen LogP contribution is -2.32. The summed E-state index contributed by atoms with van der Waals surface area (Å²) in [4.78, 5) is 15.1. The van der Waals surface area contributed by atoms with Crippen LogP contribution in [0.5, 0.6) is 0 Å². The second-order valence-electron chi connectivity index (χ2n) is 3.36. The molecular formula is C10H7Cl2N3OS2. The smallest absolute Gasteiger partial charge is 0.222 e. The van der Waals surface area contributed by atoms with Crippen LogP contribution in [0.25, 0.3) is 10.2 Å². The molecule has 1 aromatic carbocycles. The molecule has 0 atom stereocenters. The summed E-state index contributed by atoms with van der Waals surface area (Å²) in [5.41, 5.74) is 0.613. The van der Waals surface area contributed by atoms with Crippen molar-refractivity contribution in [2.75, 3.05) is 5.32 Å². The molecule has 0 unspecified atom stereocenters. The Kier molecular flexibility index (Phi) is 4.01. The molecule has 0 aliphatic heterocycles. The Balaban J connectivity index is 2.28. The first kappa shape index (κ1) is 13.5. The van der Waals surface area contributed by atoms with E-state index in [-0.39, 0.29) is 11.0 Å². The molecule has 0 fully saturated rings. The van der Waals surface area contributed by atoms with Crippen LogP contribution in [0.1, 0.15) is 6.92 Å². The summed E-state index contributed by atoms with van der Waals surface area (Å²) < 4.78 is 0.887. The topological polar surface area (TPSA) is 54.0 Å². The van der Waals surface area contributed by atoms with Gasteiger partial charge in [0.2, 0.25) is 5.91 Å². The van der Waals surface area contributed by atoms with Gasteiger partial charge in [-0.25, -0.2) is 4.98 Å². The Morgan fingerprint density at radius 1 is 1.44 bits per heavy atom. The molecule has 1 heterocycles. The number of carbonyl (C=O) groups excluding carboxylic acids is 1. The van der Waals surface area contributed by atoms with E-state index in [9.17, 15) is 4.79 Å². The quantitative estimate of drug-likeness (QED) is 0.791. The molecule has 8 heteroatoms. The van der Waals surface area contributed by atoms with E-state index in [1.807, 2.05) is 6.07 Å². The van der Waals surface area contributed by atoms with Crippen molar-refractivity contribution in [3.05, 3.63) is 22.2 Å². The van der Waals surface area contributed by atoms with Crippen molar-refractivity contribution in [2.24, 2.45) is 0 Å². The highest BCUT2D eigenvalue weighted by atomic mass is 35.5. The summed E-state index contributed by atoms with van der Waals surface area (Å²) in [7, 11) is 0. The van der Waals surface area contributed by atoms with Crippen molar-refractivity contribution >= 4 is 73.1 Å². The number of hydrogen-bond donors (Lipinski definition) is 2. The van der Waals surface area contributed by atoms with E-state index in [0.29, 0.717) is 20.7 Å². The summed E-state index contributed by atoms with van der Waals surface area (Å²) in [6.45, 7) is 1.38. The second kappa shape index (κ2) is 5.36. The predicted octanol–water partition coefficient (Wildman–Crippen LogP) is 3.44. The standard InChI is InChI=1S/C10H7Cl2N3OS2/c1-4(16)13-9(17)15-10-14-8-6(18-10)3-2-5(11)7(8)12/h2-3H,1H3,(H2,13,14,15,16,17). The number of thiocarbonyl (C=S) groups is 1. The largest absolute Gasteiger partial charge is 0.308 e. The maximum Gasteiger partial charge on any atom is 0.222 e. The van der Waals surface area contributed by atoms with Gasteiger partial charge in [0, 0.05) is 6.92 Å². The highest BCUT2D eigenvalue weighted by Gasteiger charge is 2.11. The molecule has 1 amide bonds. The van der Waals surface area contributed by atoms with E-state index >= 15 is 0 Å². The van der Waals surface area contributed by atoms with Gasteiger partial charge in [-0.1, -0.05) is 34.5 Å². The lowest BCUT2D eigenvalue weighted by Gasteiger charge is -2.03. The first-order valence-electron chi connectivity index (χ1n) is 4.80. The van der Waals surface area contributed by atoms with Crippen LogP contribution in [0.3, 0.4) is 0 Å². The molecule has 0 aliphatic carbocycles. The maximum atomic E-state index is 10.8. The molecule has 0 radical (unpaired) electrons. The van der Waals surface area contributed by atoms with E-state index < -0.39 is 0 Å². The fraction of sp³-hybridized carbons (Fsp3) is 0.100. The van der Waals surface area contributed by atoms with Crippen LogP contribution in [0.2, 0.25) is 10.0 Å². The Hall–Kier alpha value is -0.950. The van der Waals surface area contributed by atoms with Crippen LogP contribution in [0.4, 0.5) is 5.13 Å². The van der Waals surface area contributed by atoms with Gasteiger partial charge in [-0.2, -0.15) is 0 Å². The van der Waals surface area contributed by atoms with Gasteiger partial charge in [0.05, 0.1) is 14.7 Å². The van der Waals surface area contributed by atoms with Gasteiger partial charge in [-0.05, 0) is 24.4 Å². The molecule has 0 bridgehead atoms. The molecule has 0 saturated carbocycles. The highest BCUT2D eigenvalue weighted by Crippen LogP contribution is 2.35. The van der Waals surface area contributed by atoms with Crippen molar-refractivity contribution < 1.29 is 4.79 Å². The van der Waals surface area contributed by atoms with E-state index in [1.54, 1.807) is 6.07 Å². The maximum absolute atomic E-state index is 10.8. The lowest BCUT2D eigenvalue weighted by molar-refractivity contribution is -0.117. The van der Waals surface area contributed by atoms with Crippen LogP contribution < -0.4 is 10.6 Å². The van der Waals surface area contributed by atoms with Gasteiger partial charge < -0.3 is 10.6 Å². The number of aromatic nitrogens is 1. The molecule has 2 N–H and O–H groups in total. The Morgan fingerprint density at radius 2 is 2.17 bits per heavy atom. The summed E-state index contributed by atoms with van der Waals surface area (Å²) in [6.07, 6.45) is 0. The van der Waals surface area contributed by atoms with Crippen molar-refractivity contribution in [2.45, 2.75) is 6.92 Å². The van der Waals surface area contributed by atoms with Crippen LogP contribution in [-0.2, 0) is 4.79 Å². The number of anilines is 1. The number of nitrogens with one attached hydrogen (secondary N) is 2. The summed E-state index contributed by atoms with van der Waals surface area (Å²) >= 11 is 18.3. The van der Waals surface area contributed by atoms with Gasteiger partial charge >= 0.3 is 0 Å². The normalized spacial score (nSPS) is 10.4. The third kappa shape index (κ3) is 2.89. The molecule has 2 rings (SSSR count). The van der Waals surface area contributed by atoms with Gasteiger partial charge in [-0.3, -0.25) is 4.79 Å². The fourth-order valence-electron chi connectivity index (χ4n) is 1.28. The Labute approximate surface area is 122 Å². The predicted molar refractivity (Wildman–Crippen MR) is 79.7 cm³/mol. The van der Waals surface area contributed by atoms with E-state index in [4.69, 9.17) is 35.4 Å². The first-order valence-corrected chi connectivity index (χ1v) is 6.78. The van der Waals surface area contributed by atoms with Gasteiger partial charge in [0.1, 0.15) is 5.52 Å². The Bertz CT molecular complexity index is 641. The van der Waals surface area contributed by atoms with Gasteiger partial charge in [0.15, 0.2) is 10.2 Å². The minimum atomic E-state index is -0.241. The third-order valence-corrected chi connectivity index (χ3v) is 3.90. The summed E-state index contributed by atoms with van der Waals surface area (Å²) in [5, 5.41) is 6.87. The number of fused-ring (bicyclic) bond motifs is 1. The number of thiazole rings is 1. The van der Waals surface area contributed by atoms with Crippen molar-refractivity contribution in [1.82, 2.24) is 10.3 Å². The lowest BCUT2D eigenvalue weighted by atomic mass is 10.3. The number of nitrogens with zero attached hydrogens (tertiary/aromatic N) is 1. The summed E-state index contributed by atoms with van der Waals surface area (Å²) in [6, 6.07) is 3.54. The second-order valence-corrected chi connectivity index (χ2v) is 5.59. The van der Waals surface area contributed by atoms with Crippen molar-refractivity contribution in [3.63, 3.8) is 0 Å². The minimum absolute atomic E-state index is 0.198. The average Bonchev–Trinajstić information content (AvgIpc) is 2.66. The fourth-order valence-corrected chi connectivity index (χ4v) is 2.88. The molecule has 94 valence electrons. The number of rotatable bonds is 1. The zero-order valence-corrected chi connectivity index (χ0v) is 12.2. The average molecular weight is 320 g/mol. The first-order chi connectivity index (χ1) is 8.47. The molecule has 0 saturated heterocycles. The zero-order valence-electron chi connectivity index (χ0n) is 9.08. The van der Waals surface area contributed by atoms with Crippen LogP contribution in [0, 0.1) is 0 Å². The van der Waals surface area contributed by atoms with Crippen molar-refractivity contribution in [1.29, 1.82) is 0 Å². The molecule has 1 aromatic heterocycles. The molecule has 0 spiro atoms.